The maximum absolute atomic E-state index is 14.0. The molecule has 186 valence electrons. The molecule has 11 heteroatoms. The van der Waals surface area contributed by atoms with E-state index in [1.165, 1.54) is 11.1 Å². The summed E-state index contributed by atoms with van der Waals surface area (Å²) in [5.74, 6) is 2.18. The number of alkyl halides is 2. The standard InChI is InChI=1S/C24H29F2N7O2/c1-12(2)15-7-29-23(33-11-19(34)13(33)3)16-8-28-21(6-14(15)16)30-20-4-5-27-24(31-20)32-9-17(25)22(35)18(26)10-32/h4-8,12-13,17-19,22,34-35H,9-11H2,1-3H3,(H,27,28,30,31)/t13-,17-,18+,19+,22-/m1/s1. The molecule has 0 amide bonds. The number of aliphatic hydroxyl groups is 2. The summed E-state index contributed by atoms with van der Waals surface area (Å²) in [6, 6.07) is 3.57. The lowest BCUT2D eigenvalue weighted by Gasteiger charge is -2.44. The van der Waals surface area contributed by atoms with Gasteiger partial charge in [0.25, 0.3) is 0 Å². The van der Waals surface area contributed by atoms with Crippen LogP contribution in [0.4, 0.5) is 32.2 Å². The van der Waals surface area contributed by atoms with Crippen molar-refractivity contribution in [3.63, 3.8) is 0 Å². The minimum Gasteiger partial charge on any atom is -0.389 e. The Hall–Kier alpha value is -3.18. The van der Waals surface area contributed by atoms with Gasteiger partial charge in [-0.3, -0.25) is 0 Å². The van der Waals surface area contributed by atoms with E-state index in [0.29, 0.717) is 18.2 Å². The van der Waals surface area contributed by atoms with Crippen LogP contribution in [0.3, 0.4) is 0 Å². The minimum atomic E-state index is -1.71. The maximum Gasteiger partial charge on any atom is 0.227 e. The third-order valence-corrected chi connectivity index (χ3v) is 6.82. The Balaban J connectivity index is 1.44. The van der Waals surface area contributed by atoms with Crippen LogP contribution in [-0.4, -0.2) is 80.4 Å². The van der Waals surface area contributed by atoms with Crippen LogP contribution < -0.4 is 15.1 Å². The van der Waals surface area contributed by atoms with E-state index in [2.05, 4.69) is 44.0 Å². The molecule has 5 heterocycles. The Kier molecular flexibility index (Phi) is 6.14. The zero-order valence-corrected chi connectivity index (χ0v) is 19.8. The average Bonchev–Trinajstić information content (AvgIpc) is 2.84. The quantitative estimate of drug-likeness (QED) is 0.502. The topological polar surface area (TPSA) is 111 Å². The highest BCUT2D eigenvalue weighted by Gasteiger charge is 2.37. The maximum atomic E-state index is 14.0. The molecule has 5 atom stereocenters. The number of piperidine rings is 1. The molecule has 0 bridgehead atoms. The summed E-state index contributed by atoms with van der Waals surface area (Å²) in [5.41, 5.74) is 1.07. The largest absolute Gasteiger partial charge is 0.389 e. The molecule has 0 spiro atoms. The van der Waals surface area contributed by atoms with Crippen LogP contribution in [0.25, 0.3) is 10.8 Å². The van der Waals surface area contributed by atoms with Crippen LogP contribution in [0.15, 0.2) is 30.7 Å². The number of aromatic nitrogens is 4. The fraction of sp³-hybridized carbons (Fsp3) is 0.500. The van der Waals surface area contributed by atoms with Crippen molar-refractivity contribution in [2.45, 2.75) is 57.3 Å². The number of hydrogen-bond acceptors (Lipinski definition) is 9. The van der Waals surface area contributed by atoms with Gasteiger partial charge in [-0.15, -0.1) is 0 Å². The molecule has 3 aromatic rings. The van der Waals surface area contributed by atoms with Gasteiger partial charge >= 0.3 is 0 Å². The molecule has 2 aliphatic rings. The van der Waals surface area contributed by atoms with E-state index in [4.69, 9.17) is 0 Å². The molecule has 0 aliphatic carbocycles. The van der Waals surface area contributed by atoms with Crippen LogP contribution >= 0.6 is 0 Å². The van der Waals surface area contributed by atoms with E-state index in [1.807, 2.05) is 19.2 Å². The molecule has 0 unspecified atom stereocenters. The van der Waals surface area contributed by atoms with Gasteiger partial charge < -0.3 is 25.3 Å². The van der Waals surface area contributed by atoms with Crippen molar-refractivity contribution in [3.05, 3.63) is 36.3 Å². The van der Waals surface area contributed by atoms with Gasteiger partial charge in [-0.2, -0.15) is 4.98 Å². The highest BCUT2D eigenvalue weighted by Crippen LogP contribution is 2.36. The Morgan fingerprint density at radius 2 is 1.74 bits per heavy atom. The molecular weight excluding hydrogens is 456 g/mol. The van der Waals surface area contributed by atoms with E-state index in [1.54, 1.807) is 12.3 Å². The number of β-amino-alcohol motifs (C(OH)–C–C–N with tert-alkyl or cyclic N) is 1. The van der Waals surface area contributed by atoms with Crippen molar-refractivity contribution in [2.24, 2.45) is 0 Å². The van der Waals surface area contributed by atoms with E-state index >= 15 is 0 Å². The first-order chi connectivity index (χ1) is 16.7. The van der Waals surface area contributed by atoms with E-state index < -0.39 is 18.4 Å². The monoisotopic (exact) mass is 485 g/mol. The summed E-state index contributed by atoms with van der Waals surface area (Å²) in [6.45, 7) is 6.32. The van der Waals surface area contributed by atoms with E-state index in [9.17, 15) is 19.0 Å². The van der Waals surface area contributed by atoms with Gasteiger partial charge in [-0.1, -0.05) is 13.8 Å². The van der Waals surface area contributed by atoms with Crippen molar-refractivity contribution in [1.29, 1.82) is 0 Å². The normalized spacial score (nSPS) is 26.8. The number of anilines is 4. The van der Waals surface area contributed by atoms with Gasteiger partial charge in [0.15, 0.2) is 0 Å². The Morgan fingerprint density at radius 3 is 2.40 bits per heavy atom. The van der Waals surface area contributed by atoms with Crippen molar-refractivity contribution >= 4 is 34.2 Å². The number of fused-ring (bicyclic) bond motifs is 1. The molecular formula is C24H29F2N7O2. The average molecular weight is 486 g/mol. The zero-order valence-electron chi connectivity index (χ0n) is 19.8. The number of hydrogen-bond donors (Lipinski definition) is 3. The van der Waals surface area contributed by atoms with Crippen LogP contribution in [0, 0.1) is 0 Å². The number of nitrogens with zero attached hydrogens (tertiary/aromatic N) is 6. The van der Waals surface area contributed by atoms with Crippen molar-refractivity contribution in [2.75, 3.05) is 34.8 Å². The second kappa shape index (κ2) is 9.12. The van der Waals surface area contributed by atoms with Crippen LogP contribution in [0.5, 0.6) is 0 Å². The summed E-state index contributed by atoms with van der Waals surface area (Å²) >= 11 is 0. The van der Waals surface area contributed by atoms with Crippen LogP contribution in [0.1, 0.15) is 32.3 Å². The highest BCUT2D eigenvalue weighted by atomic mass is 19.1. The molecule has 9 nitrogen and oxygen atoms in total. The van der Waals surface area contributed by atoms with Gasteiger partial charge in [0, 0.05) is 30.5 Å². The van der Waals surface area contributed by atoms with E-state index in [0.717, 1.165) is 22.2 Å². The molecule has 0 aromatic carbocycles. The first-order valence-electron chi connectivity index (χ1n) is 11.8. The Bertz CT molecular complexity index is 1220. The van der Waals surface area contributed by atoms with Crippen molar-refractivity contribution < 1.29 is 19.0 Å². The number of nitrogens with one attached hydrogen (secondary N) is 1. The first kappa shape index (κ1) is 23.6. The third-order valence-electron chi connectivity index (χ3n) is 6.82. The lowest BCUT2D eigenvalue weighted by atomic mass is 9.96. The van der Waals surface area contributed by atoms with Crippen molar-refractivity contribution in [1.82, 2.24) is 19.9 Å². The Labute approximate surface area is 201 Å². The minimum absolute atomic E-state index is 0.0171. The molecule has 2 fully saturated rings. The molecule has 3 N–H and O–H groups in total. The predicted molar refractivity (Wildman–Crippen MR) is 130 cm³/mol. The van der Waals surface area contributed by atoms with Gasteiger partial charge in [-0.25, -0.2) is 23.7 Å². The third kappa shape index (κ3) is 4.34. The zero-order chi connectivity index (χ0) is 24.9. The summed E-state index contributed by atoms with van der Waals surface area (Å²) < 4.78 is 28.0. The van der Waals surface area contributed by atoms with E-state index in [-0.39, 0.29) is 37.1 Å². The molecule has 35 heavy (non-hydrogen) atoms. The molecule has 2 aliphatic heterocycles. The number of aliphatic hydroxyl groups excluding tert-OH is 2. The lowest BCUT2D eigenvalue weighted by Crippen LogP contribution is -2.59. The van der Waals surface area contributed by atoms with Gasteiger partial charge in [-0.05, 0) is 35.9 Å². The fourth-order valence-electron chi connectivity index (χ4n) is 4.57. The van der Waals surface area contributed by atoms with Crippen LogP contribution in [-0.2, 0) is 0 Å². The number of pyridine rings is 2. The molecule has 0 saturated carbocycles. The predicted octanol–water partition coefficient (Wildman–Crippen LogP) is 2.71. The molecule has 3 aromatic heterocycles. The highest BCUT2D eigenvalue weighted by molar-refractivity contribution is 5.96. The summed E-state index contributed by atoms with van der Waals surface area (Å²) in [6.07, 6.45) is -0.291. The second-order valence-electron chi connectivity index (χ2n) is 9.56. The summed E-state index contributed by atoms with van der Waals surface area (Å²) in [7, 11) is 0. The summed E-state index contributed by atoms with van der Waals surface area (Å²) in [5, 5.41) is 24.6. The van der Waals surface area contributed by atoms with Crippen molar-refractivity contribution in [3.8, 4) is 0 Å². The van der Waals surface area contributed by atoms with Gasteiger partial charge in [0.05, 0.1) is 25.2 Å². The van der Waals surface area contributed by atoms with Gasteiger partial charge in [0.1, 0.15) is 35.9 Å². The lowest BCUT2D eigenvalue weighted by molar-refractivity contribution is 0.000909. The smallest absolute Gasteiger partial charge is 0.227 e. The summed E-state index contributed by atoms with van der Waals surface area (Å²) in [4.78, 5) is 21.2. The number of rotatable bonds is 5. The molecule has 2 saturated heterocycles. The second-order valence-corrected chi connectivity index (χ2v) is 9.56. The Morgan fingerprint density at radius 1 is 1.00 bits per heavy atom. The first-order valence-corrected chi connectivity index (χ1v) is 11.8. The fourth-order valence-corrected chi connectivity index (χ4v) is 4.57. The molecule has 0 radical (unpaired) electrons. The molecule has 5 rings (SSSR count). The van der Waals surface area contributed by atoms with Crippen LogP contribution in [0.2, 0.25) is 0 Å². The van der Waals surface area contributed by atoms with Gasteiger partial charge in [0.2, 0.25) is 5.95 Å². The SMILES string of the molecule is CC(C)c1cnc(N2C[C@H](O)[C@H]2C)c2cnc(Nc3ccnc(N4C[C@@H](F)[C@@H](O)[C@@H](F)C4)n3)cc12. The number of halogens is 2.